The molecule has 0 unspecified atom stereocenters. The van der Waals surface area contributed by atoms with E-state index in [4.69, 9.17) is 11.6 Å². The van der Waals surface area contributed by atoms with Crippen LogP contribution in [0.25, 0.3) is 11.3 Å². The summed E-state index contributed by atoms with van der Waals surface area (Å²) in [4.78, 5) is 20.0. The fraction of sp³-hybridized carbons (Fsp3) is 0.0435. The molecule has 3 aromatic carbocycles. The highest BCUT2D eigenvalue weighted by atomic mass is 35.5. The number of aromatic nitrogens is 1. The molecular weight excluding hydrogens is 498 g/mol. The van der Waals surface area contributed by atoms with Crippen molar-refractivity contribution in [3.05, 3.63) is 88.3 Å². The SMILES string of the molecule is O=C(Nc1nc2c(s1)CSc1ccccc1-2)c1ccccc1NS(=O)(=O)c1ccc(Cl)cc1. The van der Waals surface area contributed by atoms with Gasteiger partial charge in [0.25, 0.3) is 15.9 Å². The number of amides is 1. The number of hydrogen-bond acceptors (Lipinski definition) is 6. The number of fused-ring (bicyclic) bond motifs is 3. The molecule has 4 aromatic rings. The van der Waals surface area contributed by atoms with Gasteiger partial charge < -0.3 is 0 Å². The van der Waals surface area contributed by atoms with Crippen LogP contribution in [0.5, 0.6) is 0 Å². The van der Waals surface area contributed by atoms with E-state index in [2.05, 4.69) is 21.1 Å². The Labute approximate surface area is 204 Å². The quantitative estimate of drug-likeness (QED) is 0.335. The summed E-state index contributed by atoms with van der Waals surface area (Å²) in [5, 5.41) is 3.73. The lowest BCUT2D eigenvalue weighted by Gasteiger charge is -2.13. The van der Waals surface area contributed by atoms with Crippen molar-refractivity contribution in [3.63, 3.8) is 0 Å². The van der Waals surface area contributed by atoms with Crippen molar-refractivity contribution in [3.8, 4) is 11.3 Å². The van der Waals surface area contributed by atoms with Crippen molar-refractivity contribution in [1.29, 1.82) is 0 Å². The molecule has 10 heteroatoms. The zero-order valence-corrected chi connectivity index (χ0v) is 20.1. The number of anilines is 2. The molecule has 0 radical (unpaired) electrons. The molecule has 0 aliphatic carbocycles. The van der Waals surface area contributed by atoms with Crippen LogP contribution in [0.3, 0.4) is 0 Å². The maximum Gasteiger partial charge on any atom is 0.261 e. The number of nitrogens with zero attached hydrogens (tertiary/aromatic N) is 1. The van der Waals surface area contributed by atoms with E-state index in [9.17, 15) is 13.2 Å². The highest BCUT2D eigenvalue weighted by molar-refractivity contribution is 7.98. The number of hydrogen-bond donors (Lipinski definition) is 2. The average molecular weight is 514 g/mol. The van der Waals surface area contributed by atoms with Crippen molar-refractivity contribution >= 4 is 61.4 Å². The Morgan fingerprint density at radius 3 is 2.52 bits per heavy atom. The molecule has 0 bridgehead atoms. The van der Waals surface area contributed by atoms with Crippen LogP contribution in [0, 0.1) is 0 Å². The van der Waals surface area contributed by atoms with Gasteiger partial charge in [-0.1, -0.05) is 41.9 Å². The number of thiazole rings is 1. The second-order valence-corrected chi connectivity index (χ2v) is 11.4. The minimum absolute atomic E-state index is 0.0471. The fourth-order valence-corrected chi connectivity index (χ4v) is 6.70. The van der Waals surface area contributed by atoms with E-state index in [1.165, 1.54) is 35.6 Å². The third-order valence-corrected chi connectivity index (χ3v) is 8.85. The summed E-state index contributed by atoms with van der Waals surface area (Å²) in [7, 11) is -3.90. The lowest BCUT2D eigenvalue weighted by molar-refractivity contribution is 0.102. The first-order valence-electron chi connectivity index (χ1n) is 9.81. The Hall–Kier alpha value is -2.85. The van der Waals surface area contributed by atoms with E-state index >= 15 is 0 Å². The molecule has 2 N–H and O–H groups in total. The van der Waals surface area contributed by atoms with Crippen molar-refractivity contribution in [2.75, 3.05) is 10.0 Å². The van der Waals surface area contributed by atoms with Gasteiger partial charge in [-0.3, -0.25) is 14.8 Å². The summed E-state index contributed by atoms with van der Waals surface area (Å²) < 4.78 is 28.1. The number of benzene rings is 3. The minimum atomic E-state index is -3.90. The number of para-hydroxylation sites is 1. The minimum Gasteiger partial charge on any atom is -0.298 e. The largest absolute Gasteiger partial charge is 0.298 e. The van der Waals surface area contributed by atoms with Crippen LogP contribution in [0.2, 0.25) is 5.02 Å². The van der Waals surface area contributed by atoms with Gasteiger partial charge in [-0.05, 0) is 42.5 Å². The zero-order chi connectivity index (χ0) is 23.0. The lowest BCUT2D eigenvalue weighted by Crippen LogP contribution is -2.18. The Bertz CT molecular complexity index is 1470. The number of sulfonamides is 1. The average Bonchev–Trinajstić information content (AvgIpc) is 3.22. The van der Waals surface area contributed by atoms with Crippen molar-refractivity contribution in [2.45, 2.75) is 15.5 Å². The standard InChI is InChI=1S/C23H16ClN3O3S3/c24-14-9-11-15(12-10-14)33(29,30)27-18-7-3-1-5-16(18)22(28)26-23-25-21-17-6-2-4-8-19(17)31-13-20(21)32-23/h1-12,27H,13H2,(H,25,26,28). The molecule has 0 saturated heterocycles. The maximum atomic E-state index is 13.1. The number of carbonyl (C=O) groups excluding carboxylic acids is 1. The van der Waals surface area contributed by atoms with Crippen LogP contribution in [0.4, 0.5) is 10.8 Å². The van der Waals surface area contributed by atoms with Crippen molar-refractivity contribution in [1.82, 2.24) is 4.98 Å². The second-order valence-electron chi connectivity index (χ2n) is 7.13. The highest BCUT2D eigenvalue weighted by Crippen LogP contribution is 2.44. The van der Waals surface area contributed by atoms with E-state index in [-0.39, 0.29) is 16.1 Å². The Morgan fingerprint density at radius 2 is 1.70 bits per heavy atom. The highest BCUT2D eigenvalue weighted by Gasteiger charge is 2.23. The van der Waals surface area contributed by atoms with Crippen LogP contribution >= 0.6 is 34.7 Å². The normalized spacial score (nSPS) is 12.5. The molecule has 0 spiro atoms. The van der Waals surface area contributed by atoms with Gasteiger partial charge in [0.1, 0.15) is 0 Å². The summed E-state index contributed by atoms with van der Waals surface area (Å²) >= 11 is 9.02. The number of halogens is 1. The fourth-order valence-electron chi connectivity index (χ4n) is 3.40. The van der Waals surface area contributed by atoms with Gasteiger partial charge in [-0.25, -0.2) is 13.4 Å². The summed E-state index contributed by atoms with van der Waals surface area (Å²) in [6.45, 7) is 0. The summed E-state index contributed by atoms with van der Waals surface area (Å²) in [6, 6.07) is 20.3. The predicted octanol–water partition coefficient (Wildman–Crippen LogP) is 6.12. The molecule has 1 aliphatic heterocycles. The molecule has 0 fully saturated rings. The first kappa shape index (κ1) is 22.0. The van der Waals surface area contributed by atoms with E-state index in [1.807, 2.05) is 18.2 Å². The Morgan fingerprint density at radius 1 is 0.970 bits per heavy atom. The van der Waals surface area contributed by atoms with Gasteiger partial charge >= 0.3 is 0 Å². The Balaban J connectivity index is 1.40. The van der Waals surface area contributed by atoms with Crippen molar-refractivity contribution < 1.29 is 13.2 Å². The number of carbonyl (C=O) groups is 1. The Kier molecular flexibility index (Phi) is 5.88. The zero-order valence-electron chi connectivity index (χ0n) is 16.9. The summed E-state index contributed by atoms with van der Waals surface area (Å²) in [6.07, 6.45) is 0. The molecule has 5 rings (SSSR count). The molecule has 0 atom stereocenters. The lowest BCUT2D eigenvalue weighted by atomic mass is 10.1. The van der Waals surface area contributed by atoms with Crippen LogP contribution in [-0.2, 0) is 15.8 Å². The predicted molar refractivity (Wildman–Crippen MR) is 134 cm³/mol. The smallest absolute Gasteiger partial charge is 0.261 e. The first-order valence-corrected chi connectivity index (χ1v) is 13.5. The van der Waals surface area contributed by atoms with Crippen LogP contribution in [0.15, 0.2) is 82.6 Å². The van der Waals surface area contributed by atoms with Gasteiger partial charge in [0.2, 0.25) is 0 Å². The molecule has 1 amide bonds. The van der Waals surface area contributed by atoms with Crippen LogP contribution < -0.4 is 10.0 Å². The molecule has 2 heterocycles. The van der Waals surface area contributed by atoms with Gasteiger partial charge in [-0.2, -0.15) is 0 Å². The van der Waals surface area contributed by atoms with E-state index in [0.29, 0.717) is 10.2 Å². The summed E-state index contributed by atoms with van der Waals surface area (Å²) in [5.41, 5.74) is 2.29. The number of rotatable bonds is 5. The molecule has 1 aromatic heterocycles. The topological polar surface area (TPSA) is 88.2 Å². The van der Waals surface area contributed by atoms with Crippen LogP contribution in [-0.4, -0.2) is 19.3 Å². The van der Waals surface area contributed by atoms with Gasteiger partial charge in [0.15, 0.2) is 5.13 Å². The van der Waals surface area contributed by atoms with E-state index in [1.54, 1.807) is 36.0 Å². The van der Waals surface area contributed by atoms with E-state index in [0.717, 1.165) is 26.8 Å². The van der Waals surface area contributed by atoms with Crippen LogP contribution in [0.1, 0.15) is 15.2 Å². The summed E-state index contributed by atoms with van der Waals surface area (Å²) in [5.74, 6) is 0.341. The monoisotopic (exact) mass is 513 g/mol. The second kappa shape index (κ2) is 8.83. The molecule has 6 nitrogen and oxygen atoms in total. The van der Waals surface area contributed by atoms with Gasteiger partial charge in [0.05, 0.1) is 21.8 Å². The molecule has 1 aliphatic rings. The number of nitrogens with one attached hydrogen (secondary N) is 2. The van der Waals surface area contributed by atoms with Crippen molar-refractivity contribution in [2.24, 2.45) is 0 Å². The third-order valence-electron chi connectivity index (χ3n) is 4.96. The molecular formula is C23H16ClN3O3S3. The van der Waals surface area contributed by atoms with Gasteiger partial charge in [0, 0.05) is 26.1 Å². The molecule has 33 heavy (non-hydrogen) atoms. The van der Waals surface area contributed by atoms with E-state index < -0.39 is 15.9 Å². The first-order chi connectivity index (χ1) is 15.9. The number of thioether (sulfide) groups is 1. The third kappa shape index (κ3) is 4.49. The maximum absolute atomic E-state index is 13.1. The molecule has 166 valence electrons. The van der Waals surface area contributed by atoms with Gasteiger partial charge in [-0.15, -0.1) is 23.1 Å². The molecule has 0 saturated carbocycles.